The van der Waals surface area contributed by atoms with Crippen molar-refractivity contribution in [3.63, 3.8) is 0 Å². The number of nitrogens with zero attached hydrogens (tertiary/aromatic N) is 1. The summed E-state index contributed by atoms with van der Waals surface area (Å²) in [7, 11) is 0. The molecule has 2 atom stereocenters. The van der Waals surface area contributed by atoms with Gasteiger partial charge in [-0.15, -0.1) is 0 Å². The Labute approximate surface area is 113 Å². The van der Waals surface area contributed by atoms with Crippen LogP contribution in [-0.4, -0.2) is 17.1 Å². The molecule has 1 N–H and O–H groups in total. The lowest BCUT2D eigenvalue weighted by atomic mass is 10.2. The second-order valence-electron chi connectivity index (χ2n) is 5.23. The van der Waals surface area contributed by atoms with Gasteiger partial charge in [0, 0.05) is 6.04 Å². The third kappa shape index (κ3) is 3.16. The number of hydrogen-bond donors (Lipinski definition) is 1. The molecule has 2 unspecified atom stereocenters. The van der Waals surface area contributed by atoms with Gasteiger partial charge in [-0.1, -0.05) is 19.4 Å². The van der Waals surface area contributed by atoms with Crippen LogP contribution in [0.2, 0.25) is 0 Å². The molecular formula is C14H20N2O3. The molecule has 1 aromatic carbocycles. The van der Waals surface area contributed by atoms with Crippen LogP contribution in [0, 0.1) is 16.0 Å². The third-order valence-corrected chi connectivity index (χ3v) is 3.33. The molecule has 2 rings (SSSR count). The van der Waals surface area contributed by atoms with Gasteiger partial charge in [0.2, 0.25) is 0 Å². The minimum Gasteiger partial charge on any atom is -0.484 e. The Bertz CT molecular complexity index is 474. The van der Waals surface area contributed by atoms with Gasteiger partial charge in [-0.25, -0.2) is 0 Å². The standard InChI is InChI=1S/C14H20N2O3/c1-4-10-8-12(10)15-11-6-5-7-13(19-9(2)3)14(11)16(17)18/h5-7,9-10,12,15H,4,8H2,1-3H3. The Balaban J connectivity index is 2.24. The minimum absolute atomic E-state index is 0.0398. The summed E-state index contributed by atoms with van der Waals surface area (Å²) in [5, 5.41) is 14.5. The molecule has 1 aliphatic carbocycles. The maximum absolute atomic E-state index is 11.3. The first-order valence-corrected chi connectivity index (χ1v) is 6.73. The van der Waals surface area contributed by atoms with Gasteiger partial charge >= 0.3 is 5.69 Å². The normalized spacial score (nSPS) is 21.3. The van der Waals surface area contributed by atoms with Crippen molar-refractivity contribution in [3.05, 3.63) is 28.3 Å². The lowest BCUT2D eigenvalue weighted by Crippen LogP contribution is -2.10. The Kier molecular flexibility index (Phi) is 3.93. The third-order valence-electron chi connectivity index (χ3n) is 3.33. The molecule has 1 aliphatic rings. The van der Waals surface area contributed by atoms with Crippen LogP contribution < -0.4 is 10.1 Å². The lowest BCUT2D eigenvalue weighted by Gasteiger charge is -2.13. The first kappa shape index (κ1) is 13.6. The van der Waals surface area contributed by atoms with Gasteiger partial charge in [0.25, 0.3) is 0 Å². The van der Waals surface area contributed by atoms with Crippen molar-refractivity contribution >= 4 is 11.4 Å². The monoisotopic (exact) mass is 264 g/mol. The molecule has 5 heteroatoms. The van der Waals surface area contributed by atoms with Crippen LogP contribution >= 0.6 is 0 Å². The number of nitro benzene ring substituents is 1. The quantitative estimate of drug-likeness (QED) is 0.630. The average molecular weight is 264 g/mol. The second kappa shape index (κ2) is 5.47. The van der Waals surface area contributed by atoms with Crippen LogP contribution in [0.1, 0.15) is 33.6 Å². The molecule has 19 heavy (non-hydrogen) atoms. The highest BCUT2D eigenvalue weighted by atomic mass is 16.6. The van der Waals surface area contributed by atoms with Crippen molar-refractivity contribution in [3.8, 4) is 5.75 Å². The van der Waals surface area contributed by atoms with Crippen LogP contribution in [0.3, 0.4) is 0 Å². The smallest absolute Gasteiger partial charge is 0.333 e. The number of benzene rings is 1. The van der Waals surface area contributed by atoms with Gasteiger partial charge in [-0.2, -0.15) is 0 Å². The van der Waals surface area contributed by atoms with E-state index in [1.165, 1.54) is 0 Å². The van der Waals surface area contributed by atoms with Crippen LogP contribution in [0.25, 0.3) is 0 Å². The zero-order chi connectivity index (χ0) is 14.0. The molecule has 0 amide bonds. The SMILES string of the molecule is CCC1CC1Nc1cccc(OC(C)C)c1[N+](=O)[O-]. The molecule has 0 bridgehead atoms. The van der Waals surface area contributed by atoms with E-state index in [0.717, 1.165) is 12.8 Å². The highest BCUT2D eigenvalue weighted by Crippen LogP contribution is 2.41. The van der Waals surface area contributed by atoms with E-state index in [0.29, 0.717) is 23.4 Å². The molecule has 5 nitrogen and oxygen atoms in total. The Morgan fingerprint density at radius 3 is 2.79 bits per heavy atom. The number of para-hydroxylation sites is 1. The number of anilines is 1. The maximum Gasteiger partial charge on any atom is 0.333 e. The van der Waals surface area contributed by atoms with E-state index in [1.54, 1.807) is 18.2 Å². The van der Waals surface area contributed by atoms with Gasteiger partial charge in [-0.3, -0.25) is 10.1 Å². The van der Waals surface area contributed by atoms with Crippen LogP contribution in [0.15, 0.2) is 18.2 Å². The molecule has 0 spiro atoms. The molecule has 1 fully saturated rings. The fourth-order valence-corrected chi connectivity index (χ4v) is 2.25. The van der Waals surface area contributed by atoms with E-state index in [-0.39, 0.29) is 16.7 Å². The predicted molar refractivity (Wildman–Crippen MR) is 74.7 cm³/mol. The number of rotatable bonds is 6. The summed E-state index contributed by atoms with van der Waals surface area (Å²) in [5.41, 5.74) is 0.599. The van der Waals surface area contributed by atoms with Gasteiger partial charge in [0.15, 0.2) is 5.75 Å². The van der Waals surface area contributed by atoms with E-state index in [9.17, 15) is 10.1 Å². The minimum atomic E-state index is -0.372. The topological polar surface area (TPSA) is 64.4 Å². The van der Waals surface area contributed by atoms with Crippen molar-refractivity contribution in [1.29, 1.82) is 0 Å². The first-order chi connectivity index (χ1) is 9.02. The molecular weight excluding hydrogens is 244 g/mol. The molecule has 0 saturated heterocycles. The van der Waals surface area contributed by atoms with E-state index < -0.39 is 0 Å². The number of ether oxygens (including phenoxy) is 1. The van der Waals surface area contributed by atoms with E-state index in [1.807, 2.05) is 13.8 Å². The summed E-state index contributed by atoms with van der Waals surface area (Å²) in [6, 6.07) is 5.54. The predicted octanol–water partition coefficient (Wildman–Crippen LogP) is 3.59. The van der Waals surface area contributed by atoms with Crippen molar-refractivity contribution in [2.45, 2.75) is 45.8 Å². The molecule has 1 saturated carbocycles. The zero-order valence-corrected chi connectivity index (χ0v) is 11.6. The molecule has 0 aliphatic heterocycles. The summed E-state index contributed by atoms with van der Waals surface area (Å²) >= 11 is 0. The van der Waals surface area contributed by atoms with Gasteiger partial charge in [-0.05, 0) is 38.3 Å². The fraction of sp³-hybridized carbons (Fsp3) is 0.571. The van der Waals surface area contributed by atoms with Gasteiger partial charge < -0.3 is 10.1 Å². The maximum atomic E-state index is 11.3. The highest BCUT2D eigenvalue weighted by molar-refractivity contribution is 5.69. The first-order valence-electron chi connectivity index (χ1n) is 6.73. The number of nitrogens with one attached hydrogen (secondary N) is 1. The lowest BCUT2D eigenvalue weighted by molar-refractivity contribution is -0.385. The van der Waals surface area contributed by atoms with Gasteiger partial charge in [0.1, 0.15) is 5.69 Å². The molecule has 0 radical (unpaired) electrons. The van der Waals surface area contributed by atoms with Crippen molar-refractivity contribution < 1.29 is 9.66 Å². The van der Waals surface area contributed by atoms with Crippen molar-refractivity contribution in [2.24, 2.45) is 5.92 Å². The molecule has 104 valence electrons. The summed E-state index contributed by atoms with van der Waals surface area (Å²) in [6.45, 7) is 5.86. The Morgan fingerprint density at radius 1 is 1.53 bits per heavy atom. The van der Waals surface area contributed by atoms with E-state index in [4.69, 9.17) is 4.74 Å². The Morgan fingerprint density at radius 2 is 2.26 bits per heavy atom. The average Bonchev–Trinajstić information content (AvgIpc) is 3.06. The summed E-state index contributed by atoms with van der Waals surface area (Å²) in [5.74, 6) is 0.966. The van der Waals surface area contributed by atoms with Gasteiger partial charge in [0.05, 0.1) is 11.0 Å². The number of hydrogen-bond acceptors (Lipinski definition) is 4. The van der Waals surface area contributed by atoms with E-state index in [2.05, 4.69) is 12.2 Å². The number of nitro groups is 1. The zero-order valence-electron chi connectivity index (χ0n) is 11.6. The Hall–Kier alpha value is -1.78. The molecule has 0 aromatic heterocycles. The van der Waals surface area contributed by atoms with Crippen LogP contribution in [0.5, 0.6) is 5.75 Å². The van der Waals surface area contributed by atoms with Crippen LogP contribution in [-0.2, 0) is 0 Å². The second-order valence-corrected chi connectivity index (χ2v) is 5.23. The largest absolute Gasteiger partial charge is 0.484 e. The summed E-state index contributed by atoms with van der Waals surface area (Å²) in [6.07, 6.45) is 2.11. The fourth-order valence-electron chi connectivity index (χ4n) is 2.25. The molecule has 0 heterocycles. The van der Waals surface area contributed by atoms with Crippen molar-refractivity contribution in [2.75, 3.05) is 5.32 Å². The summed E-state index contributed by atoms with van der Waals surface area (Å²) in [4.78, 5) is 10.9. The van der Waals surface area contributed by atoms with E-state index >= 15 is 0 Å². The molecule has 1 aromatic rings. The summed E-state index contributed by atoms with van der Waals surface area (Å²) < 4.78 is 5.52. The van der Waals surface area contributed by atoms with Crippen LogP contribution in [0.4, 0.5) is 11.4 Å². The highest BCUT2D eigenvalue weighted by Gasteiger charge is 2.37. The van der Waals surface area contributed by atoms with Crippen molar-refractivity contribution in [1.82, 2.24) is 0 Å².